The maximum atomic E-state index is 5.88. The van der Waals surface area contributed by atoms with Crippen LogP contribution in [0.15, 0.2) is 30.6 Å². The van der Waals surface area contributed by atoms with Gasteiger partial charge in [0, 0.05) is 17.1 Å². The van der Waals surface area contributed by atoms with E-state index in [2.05, 4.69) is 5.10 Å². The van der Waals surface area contributed by atoms with E-state index in [1.165, 1.54) is 0 Å². The fraction of sp³-hybridized carbons (Fsp3) is 0.250. The molecule has 0 aliphatic rings. The Kier molecular flexibility index (Phi) is 3.24. The van der Waals surface area contributed by atoms with Crippen LogP contribution < -0.4 is 10.5 Å². The van der Waals surface area contributed by atoms with Crippen LogP contribution in [0.4, 0.5) is 5.69 Å². The lowest BCUT2D eigenvalue weighted by molar-refractivity contribution is 0.479. The molecule has 1 aromatic heterocycles. The Morgan fingerprint density at radius 1 is 1.41 bits per heavy atom. The van der Waals surface area contributed by atoms with Crippen molar-refractivity contribution < 1.29 is 4.74 Å². The van der Waals surface area contributed by atoms with Gasteiger partial charge in [0.05, 0.1) is 18.1 Å². The molecule has 4 nitrogen and oxygen atoms in total. The highest BCUT2D eigenvalue weighted by Gasteiger charge is 2.06. The fourth-order valence-corrected chi connectivity index (χ4v) is 1.54. The van der Waals surface area contributed by atoms with E-state index in [1.807, 2.05) is 24.7 Å². The van der Waals surface area contributed by atoms with Crippen molar-refractivity contribution in [1.82, 2.24) is 9.78 Å². The van der Waals surface area contributed by atoms with Crippen molar-refractivity contribution >= 4 is 17.3 Å². The highest BCUT2D eigenvalue weighted by molar-refractivity contribution is 6.30. The molecule has 0 bridgehead atoms. The number of anilines is 1. The topological polar surface area (TPSA) is 53.1 Å². The molecule has 0 spiro atoms. The predicted molar refractivity (Wildman–Crippen MR) is 68.6 cm³/mol. The van der Waals surface area contributed by atoms with Crippen LogP contribution in [0.5, 0.6) is 11.5 Å². The number of nitrogens with two attached hydrogens (primary N) is 1. The van der Waals surface area contributed by atoms with E-state index in [-0.39, 0.29) is 0 Å². The van der Waals surface area contributed by atoms with Crippen LogP contribution >= 0.6 is 11.6 Å². The van der Waals surface area contributed by atoms with E-state index in [0.717, 1.165) is 0 Å². The quantitative estimate of drug-likeness (QED) is 0.850. The molecule has 0 saturated carbocycles. The average molecular weight is 252 g/mol. The Morgan fingerprint density at radius 2 is 2.18 bits per heavy atom. The number of ether oxygens (including phenoxy) is 1. The predicted octanol–water partition coefficient (Wildman–Crippen LogP) is 3.49. The Hall–Kier alpha value is -1.68. The lowest BCUT2D eigenvalue weighted by Gasteiger charge is -2.07. The van der Waals surface area contributed by atoms with Gasteiger partial charge in [0.2, 0.25) is 0 Å². The highest BCUT2D eigenvalue weighted by atomic mass is 35.5. The third-order valence-electron chi connectivity index (χ3n) is 2.31. The van der Waals surface area contributed by atoms with Crippen LogP contribution in [0, 0.1) is 0 Å². The largest absolute Gasteiger partial charge is 0.452 e. The molecule has 0 radical (unpaired) electrons. The molecule has 17 heavy (non-hydrogen) atoms. The molecule has 2 aromatic rings. The first kappa shape index (κ1) is 11.8. The monoisotopic (exact) mass is 251 g/mol. The summed E-state index contributed by atoms with van der Waals surface area (Å²) in [6.45, 7) is 4.09. The van der Waals surface area contributed by atoms with Gasteiger partial charge >= 0.3 is 0 Å². The van der Waals surface area contributed by atoms with Crippen LogP contribution in [-0.2, 0) is 0 Å². The zero-order chi connectivity index (χ0) is 12.4. The molecule has 5 heteroatoms. The number of rotatable bonds is 3. The molecular weight excluding hydrogens is 238 g/mol. The molecule has 0 saturated heterocycles. The van der Waals surface area contributed by atoms with Crippen molar-refractivity contribution in [2.24, 2.45) is 0 Å². The summed E-state index contributed by atoms with van der Waals surface area (Å²) in [5.41, 5.74) is 6.34. The van der Waals surface area contributed by atoms with Gasteiger partial charge in [0.15, 0.2) is 11.5 Å². The van der Waals surface area contributed by atoms with Crippen molar-refractivity contribution in [2.75, 3.05) is 5.73 Å². The summed E-state index contributed by atoms with van der Waals surface area (Å²) in [7, 11) is 0. The lowest BCUT2D eigenvalue weighted by atomic mass is 10.3. The van der Waals surface area contributed by atoms with Gasteiger partial charge in [-0.3, -0.25) is 4.68 Å². The Balaban J connectivity index is 2.22. The van der Waals surface area contributed by atoms with Crippen molar-refractivity contribution in [3.63, 3.8) is 0 Å². The maximum absolute atomic E-state index is 5.88. The molecular formula is C12H14ClN3O. The first-order chi connectivity index (χ1) is 8.06. The molecule has 90 valence electrons. The molecule has 1 heterocycles. The summed E-state index contributed by atoms with van der Waals surface area (Å²) in [6, 6.07) is 5.42. The van der Waals surface area contributed by atoms with Crippen molar-refractivity contribution in [3.05, 3.63) is 35.6 Å². The van der Waals surface area contributed by atoms with Crippen LogP contribution in [0.2, 0.25) is 5.02 Å². The molecule has 2 rings (SSSR count). The molecule has 0 fully saturated rings. The van der Waals surface area contributed by atoms with E-state index in [9.17, 15) is 0 Å². The summed E-state index contributed by atoms with van der Waals surface area (Å²) in [4.78, 5) is 0. The van der Waals surface area contributed by atoms with E-state index < -0.39 is 0 Å². The molecule has 0 aliphatic carbocycles. The lowest BCUT2D eigenvalue weighted by Crippen LogP contribution is -1.99. The number of nitrogens with zero attached hydrogens (tertiary/aromatic N) is 2. The zero-order valence-corrected chi connectivity index (χ0v) is 10.5. The molecule has 1 aromatic carbocycles. The van der Waals surface area contributed by atoms with Gasteiger partial charge in [-0.2, -0.15) is 5.10 Å². The van der Waals surface area contributed by atoms with Gasteiger partial charge in [-0.1, -0.05) is 11.6 Å². The first-order valence-electron chi connectivity index (χ1n) is 5.33. The van der Waals surface area contributed by atoms with Crippen molar-refractivity contribution in [3.8, 4) is 11.5 Å². The Morgan fingerprint density at radius 3 is 2.82 bits per heavy atom. The minimum Gasteiger partial charge on any atom is -0.452 e. The van der Waals surface area contributed by atoms with E-state index in [4.69, 9.17) is 22.1 Å². The van der Waals surface area contributed by atoms with Crippen LogP contribution in [0.3, 0.4) is 0 Å². The fourth-order valence-electron chi connectivity index (χ4n) is 1.38. The standard InChI is InChI=1S/C12H14ClN3O/c1-8(2)16-7-10(6-15-16)17-12-5-9(13)3-4-11(12)14/h3-8H,14H2,1-2H3. The van der Waals surface area contributed by atoms with Gasteiger partial charge in [-0.05, 0) is 26.0 Å². The highest BCUT2D eigenvalue weighted by Crippen LogP contribution is 2.30. The summed E-state index contributed by atoms with van der Waals surface area (Å²) in [5.74, 6) is 1.19. The van der Waals surface area contributed by atoms with Gasteiger partial charge < -0.3 is 10.5 Å². The number of aromatic nitrogens is 2. The molecule has 0 atom stereocenters. The summed E-state index contributed by atoms with van der Waals surface area (Å²) < 4.78 is 7.44. The van der Waals surface area contributed by atoms with E-state index in [0.29, 0.717) is 28.3 Å². The SMILES string of the molecule is CC(C)n1cc(Oc2cc(Cl)ccc2N)cn1. The molecule has 0 aliphatic heterocycles. The molecule has 0 amide bonds. The summed E-state index contributed by atoms with van der Waals surface area (Å²) >= 11 is 5.88. The number of hydrogen-bond acceptors (Lipinski definition) is 3. The number of nitrogen functional groups attached to an aromatic ring is 1. The summed E-state index contributed by atoms with van der Waals surface area (Å²) in [5, 5.41) is 4.77. The second-order valence-electron chi connectivity index (χ2n) is 4.03. The third kappa shape index (κ3) is 2.71. The summed E-state index contributed by atoms with van der Waals surface area (Å²) in [6.07, 6.45) is 3.48. The number of halogens is 1. The second-order valence-corrected chi connectivity index (χ2v) is 4.47. The van der Waals surface area contributed by atoms with Gasteiger partial charge in [-0.25, -0.2) is 0 Å². The minimum atomic E-state index is 0.295. The Bertz CT molecular complexity index is 522. The van der Waals surface area contributed by atoms with Crippen LogP contribution in [-0.4, -0.2) is 9.78 Å². The second kappa shape index (κ2) is 4.67. The molecule has 2 N–H and O–H groups in total. The first-order valence-corrected chi connectivity index (χ1v) is 5.71. The maximum Gasteiger partial charge on any atom is 0.165 e. The van der Waals surface area contributed by atoms with Crippen LogP contribution in [0.1, 0.15) is 19.9 Å². The minimum absolute atomic E-state index is 0.295. The van der Waals surface area contributed by atoms with Gasteiger partial charge in [0.25, 0.3) is 0 Å². The van der Waals surface area contributed by atoms with Gasteiger partial charge in [0.1, 0.15) is 0 Å². The molecule has 0 unspecified atom stereocenters. The average Bonchev–Trinajstić information content (AvgIpc) is 2.72. The zero-order valence-electron chi connectivity index (χ0n) is 9.72. The van der Waals surface area contributed by atoms with Crippen LogP contribution in [0.25, 0.3) is 0 Å². The van der Waals surface area contributed by atoms with Crippen molar-refractivity contribution in [1.29, 1.82) is 0 Å². The third-order valence-corrected chi connectivity index (χ3v) is 2.55. The van der Waals surface area contributed by atoms with Gasteiger partial charge in [-0.15, -0.1) is 0 Å². The van der Waals surface area contributed by atoms with Crippen molar-refractivity contribution in [2.45, 2.75) is 19.9 Å². The van der Waals surface area contributed by atoms with E-state index >= 15 is 0 Å². The number of benzene rings is 1. The Labute approximate surface area is 105 Å². The number of hydrogen-bond donors (Lipinski definition) is 1. The normalized spacial score (nSPS) is 10.8. The smallest absolute Gasteiger partial charge is 0.165 e. The van der Waals surface area contributed by atoms with E-state index in [1.54, 1.807) is 24.4 Å².